The van der Waals surface area contributed by atoms with Gasteiger partial charge in [0.2, 0.25) is 0 Å². The number of halogens is 1. The minimum absolute atomic E-state index is 0.146. The van der Waals surface area contributed by atoms with E-state index in [0.717, 1.165) is 30.0 Å². The molecule has 2 aliphatic rings. The molecular weight excluding hydrogens is 381 g/mol. The van der Waals surface area contributed by atoms with Gasteiger partial charge in [-0.15, -0.1) is 10.2 Å². The lowest BCUT2D eigenvalue weighted by Gasteiger charge is -2.21. The predicted molar refractivity (Wildman–Crippen MR) is 113 cm³/mol. The number of aromatic nitrogens is 5. The largest absolute Gasteiger partial charge is 0.354 e. The molecule has 7 nitrogen and oxygen atoms in total. The van der Waals surface area contributed by atoms with Gasteiger partial charge in [-0.1, -0.05) is 6.92 Å². The molecule has 8 heteroatoms. The maximum atomic E-state index is 15.1. The zero-order chi connectivity index (χ0) is 20.8. The van der Waals surface area contributed by atoms with Crippen LogP contribution in [0.4, 0.5) is 10.2 Å². The van der Waals surface area contributed by atoms with Crippen molar-refractivity contribution in [1.29, 1.82) is 0 Å². The molecule has 1 aromatic carbocycles. The predicted octanol–water partition coefficient (Wildman–Crippen LogP) is 2.88. The first-order valence-electron chi connectivity index (χ1n) is 10.1. The molecule has 2 fully saturated rings. The molecule has 0 amide bonds. The van der Waals surface area contributed by atoms with Crippen LogP contribution in [0.25, 0.3) is 27.8 Å². The summed E-state index contributed by atoms with van der Waals surface area (Å²) < 4.78 is 16.8. The number of imidazole rings is 1. The molecule has 1 saturated heterocycles. The minimum atomic E-state index is -0.327. The van der Waals surface area contributed by atoms with Gasteiger partial charge in [0.1, 0.15) is 5.82 Å². The molecule has 1 aliphatic carbocycles. The van der Waals surface area contributed by atoms with E-state index in [1.165, 1.54) is 6.07 Å². The maximum absolute atomic E-state index is 15.1. The van der Waals surface area contributed by atoms with Crippen LogP contribution in [0, 0.1) is 31.0 Å². The fourth-order valence-electron chi connectivity index (χ4n) is 4.91. The zero-order valence-electron chi connectivity index (χ0n) is 17.1. The number of hydrogen-bond donors (Lipinski definition) is 1. The molecular formula is C22H22FN7. The standard InChI is InChI=1S/C22H22FN7/c1-11-4-17(28-30-8-12(2)25-21(11)30)13-5-16(23)14-7-19(27-26-18(14)6-13)29-9-15-20(24)22(15,3)10-29/h4-8,15,20H,9-10,24H2,1-3H3/t15?,20-,22-/m1/s1. The molecule has 0 spiro atoms. The first-order chi connectivity index (χ1) is 14.3. The third kappa shape index (κ3) is 2.40. The third-order valence-corrected chi connectivity index (χ3v) is 6.87. The number of nitrogens with two attached hydrogens (primary N) is 1. The Morgan fingerprint density at radius 2 is 2.00 bits per heavy atom. The Morgan fingerprint density at radius 1 is 1.17 bits per heavy atom. The molecule has 1 aliphatic heterocycles. The molecule has 3 atom stereocenters. The quantitative estimate of drug-likeness (QED) is 0.554. The number of benzene rings is 1. The van der Waals surface area contributed by atoms with Crippen molar-refractivity contribution in [3.05, 3.63) is 47.5 Å². The Morgan fingerprint density at radius 3 is 2.77 bits per heavy atom. The Hall–Kier alpha value is -3.13. The van der Waals surface area contributed by atoms with Crippen molar-refractivity contribution in [3.63, 3.8) is 0 Å². The highest BCUT2D eigenvalue weighted by molar-refractivity contribution is 5.85. The summed E-state index contributed by atoms with van der Waals surface area (Å²) in [4.78, 5) is 6.63. The highest BCUT2D eigenvalue weighted by Crippen LogP contribution is 2.56. The molecule has 6 rings (SSSR count). The number of hydrogen-bond acceptors (Lipinski definition) is 6. The summed E-state index contributed by atoms with van der Waals surface area (Å²) in [5.74, 6) is 0.865. The summed E-state index contributed by atoms with van der Waals surface area (Å²) in [7, 11) is 0. The fraction of sp³-hybridized carbons (Fsp3) is 0.364. The molecule has 1 unspecified atom stereocenters. The molecule has 4 heterocycles. The van der Waals surface area contributed by atoms with Crippen molar-refractivity contribution >= 4 is 22.4 Å². The smallest absolute Gasteiger partial charge is 0.156 e. The highest BCUT2D eigenvalue weighted by atomic mass is 19.1. The number of nitrogens with zero attached hydrogens (tertiary/aromatic N) is 6. The normalized spacial score (nSPS) is 25.3. The molecule has 3 aromatic heterocycles. The topological polar surface area (TPSA) is 85.2 Å². The second kappa shape index (κ2) is 5.72. The highest BCUT2D eigenvalue weighted by Gasteiger charge is 2.64. The van der Waals surface area contributed by atoms with Crippen LogP contribution in [0.5, 0.6) is 0 Å². The van der Waals surface area contributed by atoms with E-state index < -0.39 is 0 Å². The van der Waals surface area contributed by atoms with Crippen LogP contribution in [0.3, 0.4) is 0 Å². The Kier molecular flexibility index (Phi) is 3.38. The van der Waals surface area contributed by atoms with E-state index >= 15 is 4.39 Å². The number of piperidine rings is 1. The zero-order valence-corrected chi connectivity index (χ0v) is 17.1. The van der Waals surface area contributed by atoms with Crippen LogP contribution in [0.15, 0.2) is 30.5 Å². The first-order valence-corrected chi connectivity index (χ1v) is 10.1. The lowest BCUT2D eigenvalue weighted by atomic mass is 10.1. The summed E-state index contributed by atoms with van der Waals surface area (Å²) in [6.07, 6.45) is 1.86. The van der Waals surface area contributed by atoms with Crippen molar-refractivity contribution < 1.29 is 4.39 Å². The summed E-state index contributed by atoms with van der Waals surface area (Å²) >= 11 is 0. The lowest BCUT2D eigenvalue weighted by molar-refractivity contribution is 0.568. The van der Waals surface area contributed by atoms with Gasteiger partial charge in [0.15, 0.2) is 11.5 Å². The second-order valence-corrected chi connectivity index (χ2v) is 8.98. The van der Waals surface area contributed by atoms with E-state index in [1.54, 1.807) is 10.6 Å². The van der Waals surface area contributed by atoms with E-state index in [0.29, 0.717) is 33.9 Å². The van der Waals surface area contributed by atoms with Gasteiger partial charge in [0.25, 0.3) is 0 Å². The summed E-state index contributed by atoms with van der Waals surface area (Å²) in [5.41, 5.74) is 10.8. The van der Waals surface area contributed by atoms with E-state index in [2.05, 4.69) is 32.1 Å². The molecule has 152 valence electrons. The van der Waals surface area contributed by atoms with Crippen molar-refractivity contribution in [2.75, 3.05) is 18.0 Å². The minimum Gasteiger partial charge on any atom is -0.354 e. The van der Waals surface area contributed by atoms with E-state index in [4.69, 9.17) is 5.73 Å². The average molecular weight is 403 g/mol. The van der Waals surface area contributed by atoms with Crippen molar-refractivity contribution in [2.24, 2.45) is 17.1 Å². The van der Waals surface area contributed by atoms with Gasteiger partial charge >= 0.3 is 0 Å². The van der Waals surface area contributed by atoms with Gasteiger partial charge in [-0.2, -0.15) is 5.10 Å². The van der Waals surface area contributed by atoms with E-state index in [9.17, 15) is 0 Å². The van der Waals surface area contributed by atoms with Crippen molar-refractivity contribution in [1.82, 2.24) is 24.8 Å². The Bertz CT molecular complexity index is 1350. The maximum Gasteiger partial charge on any atom is 0.156 e. The molecule has 0 radical (unpaired) electrons. The van der Waals surface area contributed by atoms with Crippen molar-refractivity contribution in [2.45, 2.75) is 26.8 Å². The van der Waals surface area contributed by atoms with Crippen molar-refractivity contribution in [3.8, 4) is 11.3 Å². The molecule has 30 heavy (non-hydrogen) atoms. The summed E-state index contributed by atoms with van der Waals surface area (Å²) in [5, 5.41) is 13.8. The number of fused-ring (bicyclic) bond motifs is 3. The monoisotopic (exact) mass is 403 g/mol. The second-order valence-electron chi connectivity index (χ2n) is 8.98. The molecule has 0 bridgehead atoms. The van der Waals surface area contributed by atoms with Gasteiger partial charge in [-0.3, -0.25) is 0 Å². The van der Waals surface area contributed by atoms with Crippen LogP contribution in [0.2, 0.25) is 0 Å². The number of rotatable bonds is 2. The van der Waals surface area contributed by atoms with E-state index in [-0.39, 0.29) is 17.3 Å². The average Bonchev–Trinajstić information content (AvgIpc) is 3.06. The van der Waals surface area contributed by atoms with Crippen LogP contribution in [-0.4, -0.2) is 43.9 Å². The van der Waals surface area contributed by atoms with Crippen LogP contribution in [0.1, 0.15) is 18.2 Å². The fourth-order valence-corrected chi connectivity index (χ4v) is 4.91. The van der Waals surface area contributed by atoms with Crippen LogP contribution < -0.4 is 10.6 Å². The van der Waals surface area contributed by atoms with Gasteiger partial charge in [0, 0.05) is 41.4 Å². The summed E-state index contributed by atoms with van der Waals surface area (Å²) in [6.45, 7) is 7.80. The number of anilines is 1. The SMILES string of the molecule is Cc1cn2nc(-c3cc(F)c4cc(N5CC6[C@@H](N)[C@]6(C)C5)nnc4c3)cc(C)c2n1. The van der Waals surface area contributed by atoms with Gasteiger partial charge in [0.05, 0.1) is 23.1 Å². The molecule has 2 N–H and O–H groups in total. The molecule has 1 saturated carbocycles. The Labute approximate surface area is 172 Å². The van der Waals surface area contributed by atoms with Crippen LogP contribution in [-0.2, 0) is 0 Å². The first kappa shape index (κ1) is 17.7. The third-order valence-electron chi connectivity index (χ3n) is 6.87. The summed E-state index contributed by atoms with van der Waals surface area (Å²) in [6, 6.07) is 7.33. The number of aryl methyl sites for hydroxylation is 2. The Balaban J connectivity index is 1.40. The lowest BCUT2D eigenvalue weighted by Crippen LogP contribution is -2.31. The van der Waals surface area contributed by atoms with Gasteiger partial charge < -0.3 is 10.6 Å². The van der Waals surface area contributed by atoms with E-state index in [1.807, 2.05) is 32.2 Å². The van der Waals surface area contributed by atoms with Gasteiger partial charge in [-0.25, -0.2) is 13.9 Å². The molecule has 4 aromatic rings. The van der Waals surface area contributed by atoms with Gasteiger partial charge in [-0.05, 0) is 43.7 Å². The van der Waals surface area contributed by atoms with Crippen LogP contribution >= 0.6 is 0 Å².